The van der Waals surface area contributed by atoms with E-state index in [9.17, 15) is 4.79 Å². The number of aromatic amines is 1. The van der Waals surface area contributed by atoms with E-state index >= 15 is 0 Å². The van der Waals surface area contributed by atoms with Crippen LogP contribution in [-0.2, 0) is 11.2 Å². The molecule has 0 aliphatic carbocycles. The van der Waals surface area contributed by atoms with Crippen LogP contribution in [0.3, 0.4) is 0 Å². The van der Waals surface area contributed by atoms with Crippen molar-refractivity contribution >= 4 is 28.1 Å². The van der Waals surface area contributed by atoms with Gasteiger partial charge in [0.1, 0.15) is 0 Å². The van der Waals surface area contributed by atoms with E-state index in [2.05, 4.69) is 65.4 Å². The van der Waals surface area contributed by atoms with Gasteiger partial charge in [-0.05, 0) is 46.4 Å². The van der Waals surface area contributed by atoms with Gasteiger partial charge < -0.3 is 10.3 Å². The fraction of sp³-hybridized carbons (Fsp3) is 0.435. The van der Waals surface area contributed by atoms with Gasteiger partial charge >= 0.3 is 0 Å². The van der Waals surface area contributed by atoms with Crippen LogP contribution in [0.4, 0.5) is 0 Å². The van der Waals surface area contributed by atoms with E-state index in [1.54, 1.807) is 11.3 Å². The van der Waals surface area contributed by atoms with Crippen molar-refractivity contribution in [2.24, 2.45) is 0 Å². The topological polar surface area (TPSA) is 44.9 Å². The predicted octanol–water partition coefficient (Wildman–Crippen LogP) is 6.01. The number of fused-ring (bicyclic) bond motifs is 1. The van der Waals surface area contributed by atoms with Gasteiger partial charge in [0.15, 0.2) is 0 Å². The number of aryl methyl sites for hydroxylation is 1. The molecule has 1 aromatic carbocycles. The highest BCUT2D eigenvalue weighted by atomic mass is 32.1. The number of thiophene rings is 1. The highest BCUT2D eigenvalue weighted by Gasteiger charge is 2.22. The molecule has 0 saturated carbocycles. The summed E-state index contributed by atoms with van der Waals surface area (Å²) in [6.45, 7) is 5.16. The zero-order valence-corrected chi connectivity index (χ0v) is 17.2. The Hall–Kier alpha value is -2.07. The third-order valence-corrected chi connectivity index (χ3v) is 5.98. The number of hydrogen-bond donors (Lipinski definition) is 2. The molecule has 2 N–H and O–H groups in total. The van der Waals surface area contributed by atoms with Crippen molar-refractivity contribution in [1.29, 1.82) is 0 Å². The standard InChI is InChI=1S/C23H30N2OS/c1-3-5-6-7-12-24-22(26)14-20(18-11-13-27-16-18)21-15-25-23-17(4-2)9-8-10-19(21)23/h8-11,13,15-16,20,25H,3-7,12,14H2,1-2H3,(H,24,26). The van der Waals surface area contributed by atoms with Gasteiger partial charge in [-0.15, -0.1) is 0 Å². The molecule has 3 aromatic rings. The quantitative estimate of drug-likeness (QED) is 0.414. The second kappa shape index (κ2) is 9.75. The summed E-state index contributed by atoms with van der Waals surface area (Å²) in [7, 11) is 0. The molecule has 27 heavy (non-hydrogen) atoms. The van der Waals surface area contributed by atoms with Crippen molar-refractivity contribution in [2.75, 3.05) is 6.54 Å². The predicted molar refractivity (Wildman–Crippen MR) is 116 cm³/mol. The summed E-state index contributed by atoms with van der Waals surface area (Å²) in [5.41, 5.74) is 4.97. The van der Waals surface area contributed by atoms with Crippen molar-refractivity contribution in [2.45, 2.75) is 58.3 Å². The van der Waals surface area contributed by atoms with Gasteiger partial charge in [-0.25, -0.2) is 0 Å². The summed E-state index contributed by atoms with van der Waals surface area (Å²) in [4.78, 5) is 16.1. The number of carbonyl (C=O) groups is 1. The fourth-order valence-corrected chi connectivity index (χ4v) is 4.45. The number of H-pyrrole nitrogens is 1. The lowest BCUT2D eigenvalue weighted by atomic mass is 9.89. The van der Waals surface area contributed by atoms with Crippen LogP contribution in [0.15, 0.2) is 41.2 Å². The Morgan fingerprint density at radius 2 is 2.07 bits per heavy atom. The summed E-state index contributed by atoms with van der Waals surface area (Å²) >= 11 is 1.69. The van der Waals surface area contributed by atoms with Gasteiger partial charge in [-0.1, -0.05) is 51.3 Å². The van der Waals surface area contributed by atoms with Crippen LogP contribution in [0.2, 0.25) is 0 Å². The van der Waals surface area contributed by atoms with Crippen molar-refractivity contribution in [3.05, 3.63) is 57.9 Å². The number of hydrogen-bond acceptors (Lipinski definition) is 2. The second-order valence-corrected chi connectivity index (χ2v) is 7.94. The molecule has 0 bridgehead atoms. The van der Waals surface area contributed by atoms with Crippen LogP contribution in [0, 0.1) is 0 Å². The van der Waals surface area contributed by atoms with E-state index < -0.39 is 0 Å². The van der Waals surface area contributed by atoms with Crippen LogP contribution in [-0.4, -0.2) is 17.4 Å². The Kier molecular flexibility index (Phi) is 7.11. The number of para-hydroxylation sites is 1. The van der Waals surface area contributed by atoms with E-state index in [1.807, 2.05) is 0 Å². The summed E-state index contributed by atoms with van der Waals surface area (Å²) in [6.07, 6.45) is 8.30. The van der Waals surface area contributed by atoms with Crippen molar-refractivity contribution in [3.8, 4) is 0 Å². The van der Waals surface area contributed by atoms with Gasteiger partial charge in [0.25, 0.3) is 0 Å². The Morgan fingerprint density at radius 1 is 1.19 bits per heavy atom. The van der Waals surface area contributed by atoms with Crippen LogP contribution >= 0.6 is 11.3 Å². The summed E-state index contributed by atoms with van der Waals surface area (Å²) in [6, 6.07) is 8.61. The molecule has 4 heteroatoms. The molecule has 0 radical (unpaired) electrons. The zero-order valence-electron chi connectivity index (χ0n) is 16.4. The number of amides is 1. The lowest BCUT2D eigenvalue weighted by Crippen LogP contribution is -2.26. The van der Waals surface area contributed by atoms with E-state index in [4.69, 9.17) is 0 Å². The molecule has 3 rings (SSSR count). The highest BCUT2D eigenvalue weighted by molar-refractivity contribution is 7.08. The number of rotatable bonds is 10. The molecular weight excluding hydrogens is 352 g/mol. The highest BCUT2D eigenvalue weighted by Crippen LogP contribution is 2.35. The Morgan fingerprint density at radius 3 is 2.81 bits per heavy atom. The van der Waals surface area contributed by atoms with Crippen molar-refractivity contribution in [3.63, 3.8) is 0 Å². The number of benzene rings is 1. The third-order valence-electron chi connectivity index (χ3n) is 5.28. The molecule has 1 atom stereocenters. The van der Waals surface area contributed by atoms with Crippen molar-refractivity contribution < 1.29 is 4.79 Å². The Labute approximate surface area is 166 Å². The fourth-order valence-electron chi connectivity index (χ4n) is 3.74. The lowest BCUT2D eigenvalue weighted by Gasteiger charge is -2.16. The van der Waals surface area contributed by atoms with Crippen LogP contribution in [0.1, 0.15) is 68.6 Å². The van der Waals surface area contributed by atoms with Gasteiger partial charge in [0.05, 0.1) is 0 Å². The zero-order chi connectivity index (χ0) is 19.1. The largest absolute Gasteiger partial charge is 0.361 e. The Bertz CT molecular complexity index is 851. The van der Waals surface area contributed by atoms with Crippen molar-refractivity contribution in [1.82, 2.24) is 10.3 Å². The maximum Gasteiger partial charge on any atom is 0.220 e. The summed E-state index contributed by atoms with van der Waals surface area (Å²) in [5.74, 6) is 0.233. The molecule has 3 nitrogen and oxygen atoms in total. The second-order valence-electron chi connectivity index (χ2n) is 7.16. The minimum atomic E-state index is 0.0905. The maximum atomic E-state index is 12.6. The monoisotopic (exact) mass is 382 g/mol. The van der Waals surface area contributed by atoms with Gasteiger partial charge in [0, 0.05) is 36.0 Å². The molecule has 1 amide bonds. The van der Waals surface area contributed by atoms with Crippen LogP contribution < -0.4 is 5.32 Å². The molecule has 0 fully saturated rings. The number of aromatic nitrogens is 1. The first-order valence-corrected chi connectivity index (χ1v) is 11.1. The van der Waals surface area contributed by atoms with Crippen LogP contribution in [0.25, 0.3) is 10.9 Å². The molecule has 2 heterocycles. The molecule has 1 unspecified atom stereocenters. The average Bonchev–Trinajstić information content (AvgIpc) is 3.36. The normalized spacial score (nSPS) is 12.4. The minimum Gasteiger partial charge on any atom is -0.361 e. The minimum absolute atomic E-state index is 0.0905. The van der Waals surface area contributed by atoms with E-state index in [0.717, 1.165) is 19.4 Å². The van der Waals surface area contributed by atoms with Gasteiger partial charge in [-0.2, -0.15) is 11.3 Å². The molecule has 2 aromatic heterocycles. The van der Waals surface area contributed by atoms with E-state index in [-0.39, 0.29) is 11.8 Å². The van der Waals surface area contributed by atoms with Crippen LogP contribution in [0.5, 0.6) is 0 Å². The maximum absolute atomic E-state index is 12.6. The van der Waals surface area contributed by atoms with E-state index in [0.29, 0.717) is 6.42 Å². The first-order valence-electron chi connectivity index (χ1n) is 10.1. The SMILES string of the molecule is CCCCCCNC(=O)CC(c1ccsc1)c1c[nH]c2c(CC)cccc12. The smallest absolute Gasteiger partial charge is 0.220 e. The first-order chi connectivity index (χ1) is 13.2. The number of carbonyl (C=O) groups excluding carboxylic acids is 1. The molecule has 0 saturated heterocycles. The summed E-state index contributed by atoms with van der Waals surface area (Å²) in [5, 5.41) is 8.62. The molecule has 0 spiro atoms. The van der Waals surface area contributed by atoms with Gasteiger partial charge in [-0.3, -0.25) is 4.79 Å². The lowest BCUT2D eigenvalue weighted by molar-refractivity contribution is -0.121. The Balaban J connectivity index is 1.78. The summed E-state index contributed by atoms with van der Waals surface area (Å²) < 4.78 is 0. The average molecular weight is 383 g/mol. The molecular formula is C23H30N2OS. The van der Waals surface area contributed by atoms with E-state index in [1.165, 1.54) is 46.9 Å². The molecule has 0 aliphatic rings. The first kappa shape index (κ1) is 19.7. The molecule has 144 valence electrons. The molecule has 0 aliphatic heterocycles. The number of unbranched alkanes of at least 4 members (excludes halogenated alkanes) is 3. The third kappa shape index (κ3) is 4.81. The van der Waals surface area contributed by atoms with Gasteiger partial charge in [0.2, 0.25) is 5.91 Å². The number of nitrogens with one attached hydrogen (secondary N) is 2.